The minimum Gasteiger partial charge on any atom is -0.350 e. The molecule has 1 saturated carbocycles. The van der Waals surface area contributed by atoms with E-state index in [1.54, 1.807) is 6.20 Å². The Morgan fingerprint density at radius 3 is 2.83 bits per heavy atom. The summed E-state index contributed by atoms with van der Waals surface area (Å²) in [6.45, 7) is 2.64. The Morgan fingerprint density at radius 1 is 1.44 bits per heavy atom. The van der Waals surface area contributed by atoms with E-state index in [1.807, 2.05) is 19.1 Å². The van der Waals surface area contributed by atoms with E-state index in [2.05, 4.69) is 10.3 Å². The van der Waals surface area contributed by atoms with Gasteiger partial charge in [-0.05, 0) is 50.2 Å². The number of halogens is 1. The van der Waals surface area contributed by atoms with Crippen molar-refractivity contribution >= 4 is 17.5 Å². The molecule has 1 amide bonds. The van der Waals surface area contributed by atoms with E-state index in [9.17, 15) is 4.79 Å². The highest BCUT2D eigenvalue weighted by atomic mass is 35.5. The Labute approximate surface area is 113 Å². The van der Waals surface area contributed by atoms with E-state index >= 15 is 0 Å². The number of hydrogen-bond donors (Lipinski definition) is 1. The number of hydrogen-bond acceptors (Lipinski definition) is 2. The number of amides is 1. The molecular formula is C14H19ClN2O. The van der Waals surface area contributed by atoms with Crippen LogP contribution in [0.15, 0.2) is 18.3 Å². The summed E-state index contributed by atoms with van der Waals surface area (Å²) in [7, 11) is 0. The van der Waals surface area contributed by atoms with Crippen molar-refractivity contribution in [1.82, 2.24) is 10.3 Å². The molecule has 0 aliphatic heterocycles. The molecule has 4 heteroatoms. The third-order valence-corrected chi connectivity index (χ3v) is 3.99. The number of pyridine rings is 1. The maximum atomic E-state index is 12.0. The molecule has 1 heterocycles. The van der Waals surface area contributed by atoms with E-state index in [0.717, 1.165) is 37.8 Å². The second kappa shape index (κ2) is 6.19. The predicted octanol–water partition coefficient (Wildman–Crippen LogP) is 2.92. The monoisotopic (exact) mass is 266 g/mol. The highest BCUT2D eigenvalue weighted by Crippen LogP contribution is 2.26. The number of aryl methyl sites for hydroxylation is 1. The maximum Gasteiger partial charge on any atom is 0.270 e. The number of rotatable bonds is 3. The first-order chi connectivity index (χ1) is 8.66. The first kappa shape index (κ1) is 13.3. The van der Waals surface area contributed by atoms with Gasteiger partial charge in [0, 0.05) is 18.1 Å². The molecule has 18 heavy (non-hydrogen) atoms. The van der Waals surface area contributed by atoms with Gasteiger partial charge in [-0.25, -0.2) is 0 Å². The highest BCUT2D eigenvalue weighted by Gasteiger charge is 2.20. The van der Waals surface area contributed by atoms with Gasteiger partial charge in [-0.15, -0.1) is 11.6 Å². The molecule has 0 unspecified atom stereocenters. The Morgan fingerprint density at radius 2 is 2.17 bits per heavy atom. The Balaban J connectivity index is 1.84. The second-order valence-corrected chi connectivity index (χ2v) is 5.61. The van der Waals surface area contributed by atoms with Gasteiger partial charge in [0.25, 0.3) is 5.91 Å². The standard InChI is InChI=1S/C14H19ClN2O/c1-10-3-2-8-16-13(10)14(18)17-9-11-4-6-12(15)7-5-11/h2-3,8,11-12H,4-7,9H2,1H3,(H,17,18). The van der Waals surface area contributed by atoms with Crippen molar-refractivity contribution in [3.8, 4) is 0 Å². The average molecular weight is 267 g/mol. The Bertz CT molecular complexity index is 414. The summed E-state index contributed by atoms with van der Waals surface area (Å²) in [5.74, 6) is 0.495. The molecule has 98 valence electrons. The third kappa shape index (κ3) is 3.45. The smallest absolute Gasteiger partial charge is 0.270 e. The van der Waals surface area contributed by atoms with Gasteiger partial charge in [0.1, 0.15) is 5.69 Å². The summed E-state index contributed by atoms with van der Waals surface area (Å²) in [6.07, 6.45) is 5.99. The van der Waals surface area contributed by atoms with Crippen LogP contribution in [0.25, 0.3) is 0 Å². The minimum absolute atomic E-state index is 0.0684. The third-order valence-electron chi connectivity index (χ3n) is 3.55. The lowest BCUT2D eigenvalue weighted by Crippen LogP contribution is -2.32. The van der Waals surface area contributed by atoms with Crippen LogP contribution in [0.5, 0.6) is 0 Å². The summed E-state index contributed by atoms with van der Waals surface area (Å²) < 4.78 is 0. The minimum atomic E-state index is -0.0684. The Kier molecular flexibility index (Phi) is 4.59. The largest absolute Gasteiger partial charge is 0.350 e. The Hall–Kier alpha value is -1.09. The number of carbonyl (C=O) groups excluding carboxylic acids is 1. The van der Waals surface area contributed by atoms with Gasteiger partial charge in [0.2, 0.25) is 0 Å². The van der Waals surface area contributed by atoms with Crippen LogP contribution in [-0.4, -0.2) is 22.8 Å². The summed E-state index contributed by atoms with van der Waals surface area (Å²) in [4.78, 5) is 16.1. The van der Waals surface area contributed by atoms with E-state index in [-0.39, 0.29) is 5.91 Å². The molecular weight excluding hydrogens is 248 g/mol. The van der Waals surface area contributed by atoms with Crippen molar-refractivity contribution < 1.29 is 4.79 Å². The molecule has 0 aromatic carbocycles. The van der Waals surface area contributed by atoms with Crippen LogP contribution >= 0.6 is 11.6 Å². The normalized spacial score (nSPS) is 23.7. The number of nitrogens with zero attached hydrogens (tertiary/aromatic N) is 1. The molecule has 0 atom stereocenters. The number of carbonyl (C=O) groups is 1. The zero-order valence-corrected chi connectivity index (χ0v) is 11.4. The molecule has 0 spiro atoms. The molecule has 0 radical (unpaired) electrons. The summed E-state index contributed by atoms with van der Waals surface area (Å²) in [5.41, 5.74) is 1.45. The number of alkyl halides is 1. The van der Waals surface area contributed by atoms with Crippen molar-refractivity contribution in [2.45, 2.75) is 38.0 Å². The van der Waals surface area contributed by atoms with Crippen LogP contribution < -0.4 is 5.32 Å². The topological polar surface area (TPSA) is 42.0 Å². The molecule has 1 N–H and O–H groups in total. The van der Waals surface area contributed by atoms with Crippen molar-refractivity contribution in [3.05, 3.63) is 29.6 Å². The van der Waals surface area contributed by atoms with Gasteiger partial charge >= 0.3 is 0 Å². The van der Waals surface area contributed by atoms with Crippen LogP contribution in [0.1, 0.15) is 41.7 Å². The molecule has 1 fully saturated rings. The average Bonchev–Trinajstić information content (AvgIpc) is 2.38. The molecule has 0 bridgehead atoms. The van der Waals surface area contributed by atoms with Crippen molar-refractivity contribution in [3.63, 3.8) is 0 Å². The van der Waals surface area contributed by atoms with Crippen LogP contribution in [0.3, 0.4) is 0 Å². The fourth-order valence-corrected chi connectivity index (χ4v) is 2.62. The lowest BCUT2D eigenvalue weighted by atomic mass is 9.89. The van der Waals surface area contributed by atoms with Crippen LogP contribution in [0, 0.1) is 12.8 Å². The summed E-state index contributed by atoms with van der Waals surface area (Å²) in [5, 5.41) is 3.31. The van der Waals surface area contributed by atoms with Crippen LogP contribution in [0.4, 0.5) is 0 Å². The van der Waals surface area contributed by atoms with Gasteiger partial charge in [0.15, 0.2) is 0 Å². The van der Waals surface area contributed by atoms with Gasteiger partial charge in [-0.2, -0.15) is 0 Å². The highest BCUT2D eigenvalue weighted by molar-refractivity contribution is 6.20. The van der Waals surface area contributed by atoms with Gasteiger partial charge in [-0.1, -0.05) is 6.07 Å². The van der Waals surface area contributed by atoms with E-state index in [4.69, 9.17) is 11.6 Å². The number of nitrogens with one attached hydrogen (secondary N) is 1. The SMILES string of the molecule is Cc1cccnc1C(=O)NCC1CCC(Cl)CC1. The zero-order chi connectivity index (χ0) is 13.0. The molecule has 1 aliphatic rings. The number of aromatic nitrogens is 1. The fraction of sp³-hybridized carbons (Fsp3) is 0.571. The molecule has 1 aromatic rings. The first-order valence-corrected chi connectivity index (χ1v) is 6.94. The quantitative estimate of drug-likeness (QED) is 0.855. The van der Waals surface area contributed by atoms with Crippen LogP contribution in [-0.2, 0) is 0 Å². The van der Waals surface area contributed by atoms with Gasteiger partial charge < -0.3 is 5.32 Å². The predicted molar refractivity (Wildman–Crippen MR) is 72.9 cm³/mol. The van der Waals surface area contributed by atoms with Crippen molar-refractivity contribution in [1.29, 1.82) is 0 Å². The van der Waals surface area contributed by atoms with E-state index in [1.165, 1.54) is 0 Å². The van der Waals surface area contributed by atoms with Gasteiger partial charge in [0.05, 0.1) is 0 Å². The zero-order valence-electron chi connectivity index (χ0n) is 10.7. The van der Waals surface area contributed by atoms with E-state index < -0.39 is 0 Å². The first-order valence-electron chi connectivity index (χ1n) is 6.50. The molecule has 2 rings (SSSR count). The van der Waals surface area contributed by atoms with Crippen molar-refractivity contribution in [2.75, 3.05) is 6.54 Å². The van der Waals surface area contributed by atoms with Crippen molar-refractivity contribution in [2.24, 2.45) is 5.92 Å². The van der Waals surface area contributed by atoms with Gasteiger partial charge in [-0.3, -0.25) is 9.78 Å². The summed E-state index contributed by atoms with van der Waals surface area (Å²) in [6, 6.07) is 3.74. The second-order valence-electron chi connectivity index (χ2n) is 5.00. The summed E-state index contributed by atoms with van der Waals surface area (Å²) >= 11 is 6.06. The lowest BCUT2D eigenvalue weighted by Gasteiger charge is -2.25. The molecule has 1 aromatic heterocycles. The lowest BCUT2D eigenvalue weighted by molar-refractivity contribution is 0.0938. The van der Waals surface area contributed by atoms with E-state index in [0.29, 0.717) is 17.0 Å². The molecule has 1 aliphatic carbocycles. The maximum absolute atomic E-state index is 12.0. The van der Waals surface area contributed by atoms with Crippen LogP contribution in [0.2, 0.25) is 0 Å². The molecule has 0 saturated heterocycles. The fourth-order valence-electron chi connectivity index (χ4n) is 2.37. The molecule has 3 nitrogen and oxygen atoms in total.